The maximum Gasteiger partial charge on any atom is 0.223 e. The number of para-hydroxylation sites is 3. The third kappa shape index (κ3) is 3.32. The van der Waals surface area contributed by atoms with Crippen molar-refractivity contribution in [1.29, 1.82) is 0 Å². The quantitative estimate of drug-likeness (QED) is 0.537. The molecule has 0 atom stereocenters. The molecule has 6 nitrogen and oxygen atoms in total. The number of carboxylic acid groups (broad SMARTS) is 1. The molecule has 0 N–H and O–H groups in total. The summed E-state index contributed by atoms with van der Waals surface area (Å²) in [5.41, 5.74) is 5.18. The van der Waals surface area contributed by atoms with Gasteiger partial charge < -0.3 is 14.3 Å². The Kier molecular flexibility index (Phi) is 4.53. The van der Waals surface area contributed by atoms with Crippen molar-refractivity contribution in [1.82, 2.24) is 14.8 Å². The lowest BCUT2D eigenvalue weighted by Gasteiger charge is -2.06. The number of aryl methyl sites for hydroxylation is 1. The van der Waals surface area contributed by atoms with Crippen LogP contribution in [0.1, 0.15) is 29.3 Å². The van der Waals surface area contributed by atoms with E-state index in [9.17, 15) is 9.90 Å². The Morgan fingerprint density at radius 2 is 1.82 bits per heavy atom. The number of fused-ring (bicyclic) bond motifs is 1. The highest BCUT2D eigenvalue weighted by Gasteiger charge is 2.16. The number of carbonyl (C=O) groups is 1. The van der Waals surface area contributed by atoms with Gasteiger partial charge in [-0.3, -0.25) is 0 Å². The number of carboxylic acids is 1. The summed E-state index contributed by atoms with van der Waals surface area (Å²) >= 11 is 0. The Morgan fingerprint density at radius 3 is 2.54 bits per heavy atom. The monoisotopic (exact) mass is 372 g/mol. The third-order valence-electron chi connectivity index (χ3n) is 4.57. The first-order valence-electron chi connectivity index (χ1n) is 8.91. The number of rotatable bonds is 5. The summed E-state index contributed by atoms with van der Waals surface area (Å²) in [6, 6.07) is 17.1. The van der Waals surface area contributed by atoms with Gasteiger partial charge >= 0.3 is 0 Å². The molecule has 0 aliphatic carbocycles. The van der Waals surface area contributed by atoms with Crippen LogP contribution in [0.5, 0.6) is 0 Å². The summed E-state index contributed by atoms with van der Waals surface area (Å²) in [6.07, 6.45) is 1.47. The summed E-state index contributed by atoms with van der Waals surface area (Å²) in [5.74, 6) is -0.920. The molecule has 0 amide bonds. The molecule has 0 unspecified atom stereocenters. The molecule has 140 valence electrons. The third-order valence-corrected chi connectivity index (χ3v) is 4.57. The minimum absolute atomic E-state index is 0.275. The van der Waals surface area contributed by atoms with E-state index in [1.54, 1.807) is 12.1 Å². The van der Waals surface area contributed by atoms with Crippen molar-refractivity contribution in [2.75, 3.05) is 0 Å². The summed E-state index contributed by atoms with van der Waals surface area (Å²) in [6.45, 7) is 3.84. The second-order valence-corrected chi connectivity index (χ2v) is 6.54. The number of hydrogen-bond donors (Lipinski definition) is 0. The van der Waals surface area contributed by atoms with E-state index >= 15 is 0 Å². The highest BCUT2D eigenvalue weighted by molar-refractivity contribution is 5.90. The molecule has 2 aromatic carbocycles. The van der Waals surface area contributed by atoms with Crippen molar-refractivity contribution >= 4 is 28.7 Å². The van der Waals surface area contributed by atoms with Crippen LogP contribution in [0.2, 0.25) is 0 Å². The first-order chi connectivity index (χ1) is 13.5. The van der Waals surface area contributed by atoms with Gasteiger partial charge in [0.2, 0.25) is 5.89 Å². The Bertz CT molecular complexity index is 1150. The average molecular weight is 372 g/mol. The highest BCUT2D eigenvalue weighted by Crippen LogP contribution is 2.28. The molecular weight excluding hydrogens is 354 g/mol. The van der Waals surface area contributed by atoms with Gasteiger partial charge in [-0.05, 0) is 44.2 Å². The molecule has 0 saturated heterocycles. The fourth-order valence-corrected chi connectivity index (χ4v) is 3.21. The molecule has 0 saturated carbocycles. The fraction of sp³-hybridized carbons (Fsp3) is 0.136. The second kappa shape index (κ2) is 7.15. The van der Waals surface area contributed by atoms with Crippen LogP contribution in [0.15, 0.2) is 59.0 Å². The molecule has 0 fully saturated rings. The topological polar surface area (TPSA) is 84.0 Å². The molecule has 0 aliphatic rings. The van der Waals surface area contributed by atoms with Gasteiger partial charge in [-0.1, -0.05) is 30.3 Å². The minimum Gasteiger partial charge on any atom is -0.550 e. The molecule has 0 bridgehead atoms. The van der Waals surface area contributed by atoms with Gasteiger partial charge in [-0.15, -0.1) is 0 Å². The van der Waals surface area contributed by atoms with E-state index in [2.05, 4.69) is 10.1 Å². The van der Waals surface area contributed by atoms with Crippen molar-refractivity contribution < 1.29 is 14.3 Å². The van der Waals surface area contributed by atoms with Gasteiger partial charge in [0.1, 0.15) is 5.52 Å². The number of benzene rings is 2. The lowest BCUT2D eigenvalue weighted by Crippen LogP contribution is -2.22. The minimum atomic E-state index is -1.20. The predicted octanol–water partition coefficient (Wildman–Crippen LogP) is 3.31. The van der Waals surface area contributed by atoms with Crippen LogP contribution in [0.25, 0.3) is 28.4 Å². The standard InChI is InChI=1S/C22H19N3O3/c1-14-18(15(2)25(24-14)17-8-4-3-5-9-17)12-16(13-21(26)27)22-23-19-10-6-7-11-20(19)28-22/h3-12H,13H2,1-2H3,(H,26,27)/p-1/b16-12+. The lowest BCUT2D eigenvalue weighted by atomic mass is 10.1. The van der Waals surface area contributed by atoms with Crippen LogP contribution < -0.4 is 5.11 Å². The van der Waals surface area contributed by atoms with Crippen molar-refractivity contribution in [2.45, 2.75) is 20.3 Å². The Balaban J connectivity index is 1.83. The molecule has 0 aliphatic heterocycles. The Labute approximate surface area is 161 Å². The number of aliphatic carboxylic acids is 1. The van der Waals surface area contributed by atoms with Crippen LogP contribution in [0.3, 0.4) is 0 Å². The van der Waals surface area contributed by atoms with Gasteiger partial charge in [-0.25, -0.2) is 9.67 Å². The van der Waals surface area contributed by atoms with E-state index in [0.29, 0.717) is 16.7 Å². The zero-order chi connectivity index (χ0) is 19.7. The predicted molar refractivity (Wildman–Crippen MR) is 105 cm³/mol. The number of aromatic nitrogens is 3. The van der Waals surface area contributed by atoms with Crippen LogP contribution in [0.4, 0.5) is 0 Å². The molecule has 2 heterocycles. The maximum atomic E-state index is 11.3. The van der Waals surface area contributed by atoms with Gasteiger partial charge in [0.15, 0.2) is 5.58 Å². The van der Waals surface area contributed by atoms with E-state index < -0.39 is 5.97 Å². The summed E-state index contributed by atoms with van der Waals surface area (Å²) in [7, 11) is 0. The van der Waals surface area contributed by atoms with Crippen molar-refractivity contribution in [2.24, 2.45) is 0 Å². The molecule has 28 heavy (non-hydrogen) atoms. The average Bonchev–Trinajstić information content (AvgIpc) is 3.24. The van der Waals surface area contributed by atoms with Crippen LogP contribution in [-0.2, 0) is 4.79 Å². The van der Waals surface area contributed by atoms with Crippen molar-refractivity contribution in [3.05, 3.63) is 77.4 Å². The van der Waals surface area contributed by atoms with Gasteiger partial charge in [0.25, 0.3) is 0 Å². The number of nitrogens with zero attached hydrogens (tertiary/aromatic N) is 3. The second-order valence-electron chi connectivity index (χ2n) is 6.54. The number of oxazole rings is 1. The van der Waals surface area contributed by atoms with E-state index in [0.717, 1.165) is 22.6 Å². The van der Waals surface area contributed by atoms with E-state index in [-0.39, 0.29) is 12.3 Å². The van der Waals surface area contributed by atoms with Gasteiger partial charge in [0.05, 0.1) is 11.4 Å². The maximum absolute atomic E-state index is 11.3. The molecule has 0 spiro atoms. The van der Waals surface area contributed by atoms with Crippen molar-refractivity contribution in [3.63, 3.8) is 0 Å². The highest BCUT2D eigenvalue weighted by atomic mass is 16.4. The van der Waals surface area contributed by atoms with Crippen LogP contribution >= 0.6 is 0 Å². The van der Waals surface area contributed by atoms with Crippen LogP contribution in [0, 0.1) is 13.8 Å². The van der Waals surface area contributed by atoms with Gasteiger partial charge in [0, 0.05) is 29.2 Å². The molecule has 2 aromatic heterocycles. The first-order valence-corrected chi connectivity index (χ1v) is 8.91. The summed E-state index contributed by atoms with van der Waals surface area (Å²) in [4.78, 5) is 15.8. The van der Waals surface area contributed by atoms with Crippen LogP contribution in [-0.4, -0.2) is 20.7 Å². The fourth-order valence-electron chi connectivity index (χ4n) is 3.21. The largest absolute Gasteiger partial charge is 0.550 e. The Morgan fingerprint density at radius 1 is 1.11 bits per heavy atom. The summed E-state index contributed by atoms with van der Waals surface area (Å²) in [5, 5.41) is 15.9. The molecule has 0 radical (unpaired) electrons. The molecule has 4 aromatic rings. The zero-order valence-corrected chi connectivity index (χ0v) is 15.5. The smallest absolute Gasteiger partial charge is 0.223 e. The zero-order valence-electron chi connectivity index (χ0n) is 15.5. The molecular formula is C22H18N3O3-. The first kappa shape index (κ1) is 17.7. The SMILES string of the molecule is Cc1nn(-c2ccccc2)c(C)c1/C=C(\CC(=O)[O-])c1nc2ccccc2o1. The lowest BCUT2D eigenvalue weighted by molar-refractivity contribution is -0.304. The summed E-state index contributed by atoms with van der Waals surface area (Å²) < 4.78 is 7.61. The Hall–Kier alpha value is -3.67. The number of hydrogen-bond acceptors (Lipinski definition) is 5. The molecule has 6 heteroatoms. The van der Waals surface area contributed by atoms with Crippen molar-refractivity contribution in [3.8, 4) is 5.69 Å². The van der Waals surface area contributed by atoms with E-state index in [1.165, 1.54) is 0 Å². The van der Waals surface area contributed by atoms with E-state index in [1.807, 2.05) is 67.1 Å². The normalized spacial score (nSPS) is 11.9. The van der Waals surface area contributed by atoms with Gasteiger partial charge in [-0.2, -0.15) is 5.10 Å². The molecule has 4 rings (SSSR count). The number of carbonyl (C=O) groups excluding carboxylic acids is 1. The van der Waals surface area contributed by atoms with E-state index in [4.69, 9.17) is 4.42 Å².